The Morgan fingerprint density at radius 3 is 2.64 bits per heavy atom. The second-order valence-electron chi connectivity index (χ2n) is 5.91. The number of hydrogen-bond acceptors (Lipinski definition) is 5. The van der Waals surface area contributed by atoms with E-state index in [0.717, 1.165) is 6.07 Å². The highest BCUT2D eigenvalue weighted by molar-refractivity contribution is 7.90. The average molecular weight is 398 g/mol. The molecule has 140 valence electrons. The number of nitrogens with one attached hydrogen (secondary N) is 1. The number of carbonyl (C=O) groups excluding carboxylic acids is 1. The topological polar surface area (TPSA) is 81.7 Å². The molecule has 0 heterocycles. The van der Waals surface area contributed by atoms with Crippen molar-refractivity contribution in [2.45, 2.75) is 36.7 Å². The zero-order chi connectivity index (χ0) is 18.8. The lowest BCUT2D eigenvalue weighted by atomic mass is 9.81. The SMILES string of the molecule is COCC(C)Oc1ccc(Cl)cc1S(=O)(=O)NC(=O)C1CC(F)(F)C1. The number of carbonyl (C=O) groups is 1. The third-order valence-corrected chi connectivity index (χ3v) is 5.22. The van der Waals surface area contributed by atoms with Gasteiger partial charge in [-0.05, 0) is 25.1 Å². The van der Waals surface area contributed by atoms with Crippen molar-refractivity contribution in [1.29, 1.82) is 0 Å². The summed E-state index contributed by atoms with van der Waals surface area (Å²) in [6.45, 7) is 1.88. The minimum absolute atomic E-state index is 0.0202. The van der Waals surface area contributed by atoms with Crippen LogP contribution in [0.4, 0.5) is 8.78 Å². The molecule has 10 heteroatoms. The maximum atomic E-state index is 12.9. The number of methoxy groups -OCH3 is 1. The Morgan fingerprint density at radius 2 is 2.08 bits per heavy atom. The molecule has 0 saturated heterocycles. The van der Waals surface area contributed by atoms with Crippen molar-refractivity contribution in [3.63, 3.8) is 0 Å². The van der Waals surface area contributed by atoms with Gasteiger partial charge in [-0.1, -0.05) is 11.6 Å². The fraction of sp³-hybridized carbons (Fsp3) is 0.533. The number of hydrogen-bond donors (Lipinski definition) is 1. The Balaban J connectivity index is 2.20. The van der Waals surface area contributed by atoms with E-state index in [0.29, 0.717) is 0 Å². The molecule has 1 aromatic carbocycles. The van der Waals surface area contributed by atoms with Gasteiger partial charge in [0.15, 0.2) is 0 Å². The highest BCUT2D eigenvalue weighted by Crippen LogP contribution is 2.42. The molecular weight excluding hydrogens is 380 g/mol. The molecule has 1 saturated carbocycles. The highest BCUT2D eigenvalue weighted by atomic mass is 35.5. The summed E-state index contributed by atoms with van der Waals surface area (Å²) in [5.74, 6) is -4.96. The van der Waals surface area contributed by atoms with Gasteiger partial charge in [0.05, 0.1) is 12.5 Å². The first-order chi connectivity index (χ1) is 11.5. The third-order valence-electron chi connectivity index (χ3n) is 3.62. The quantitative estimate of drug-likeness (QED) is 0.764. The molecule has 0 aromatic heterocycles. The first-order valence-corrected chi connectivity index (χ1v) is 9.30. The van der Waals surface area contributed by atoms with E-state index in [2.05, 4.69) is 0 Å². The van der Waals surface area contributed by atoms with Crippen LogP contribution in [0.3, 0.4) is 0 Å². The van der Waals surface area contributed by atoms with Crippen molar-refractivity contribution in [3.8, 4) is 5.75 Å². The monoisotopic (exact) mass is 397 g/mol. The molecular formula is C15H18ClF2NO5S. The fourth-order valence-corrected chi connectivity index (χ4v) is 3.83. The number of amides is 1. The maximum Gasteiger partial charge on any atom is 0.267 e. The molecule has 1 amide bonds. The third kappa shape index (κ3) is 5.02. The van der Waals surface area contributed by atoms with E-state index in [9.17, 15) is 22.0 Å². The molecule has 1 aliphatic rings. The standard InChI is InChI=1S/C15H18ClF2NO5S/c1-9(8-23-2)24-12-4-3-11(16)5-13(12)25(21,22)19-14(20)10-6-15(17,18)7-10/h3-5,9-10H,6-8H2,1-2H3,(H,19,20). The van der Waals surface area contributed by atoms with Crippen LogP contribution in [0, 0.1) is 5.92 Å². The molecule has 1 aromatic rings. The minimum atomic E-state index is -4.33. The summed E-state index contributed by atoms with van der Waals surface area (Å²) in [6.07, 6.45) is -1.79. The lowest BCUT2D eigenvalue weighted by Crippen LogP contribution is -2.46. The number of rotatable bonds is 7. The molecule has 0 radical (unpaired) electrons. The maximum absolute atomic E-state index is 12.9. The predicted molar refractivity (Wildman–Crippen MR) is 86.4 cm³/mol. The first-order valence-electron chi connectivity index (χ1n) is 7.44. The fourth-order valence-electron chi connectivity index (χ4n) is 2.39. The van der Waals surface area contributed by atoms with Crippen LogP contribution >= 0.6 is 11.6 Å². The van der Waals surface area contributed by atoms with Crippen LogP contribution in [0.15, 0.2) is 23.1 Å². The molecule has 1 atom stereocenters. The Kier molecular flexibility index (Phi) is 5.90. The van der Waals surface area contributed by atoms with E-state index < -0.39 is 46.7 Å². The van der Waals surface area contributed by atoms with E-state index in [1.807, 2.05) is 4.72 Å². The van der Waals surface area contributed by atoms with Gasteiger partial charge in [-0.3, -0.25) is 4.79 Å². The second kappa shape index (κ2) is 7.43. The van der Waals surface area contributed by atoms with Crippen molar-refractivity contribution >= 4 is 27.5 Å². The Morgan fingerprint density at radius 1 is 1.44 bits per heavy atom. The van der Waals surface area contributed by atoms with E-state index in [1.54, 1.807) is 6.92 Å². The van der Waals surface area contributed by atoms with Gasteiger partial charge in [0, 0.05) is 25.0 Å². The predicted octanol–water partition coefficient (Wildman–Crippen LogP) is 2.60. The minimum Gasteiger partial charge on any atom is -0.487 e. The van der Waals surface area contributed by atoms with Gasteiger partial charge in [-0.2, -0.15) is 0 Å². The number of benzene rings is 1. The average Bonchev–Trinajstić information content (AvgIpc) is 2.46. The van der Waals surface area contributed by atoms with Crippen LogP contribution in [0.2, 0.25) is 5.02 Å². The van der Waals surface area contributed by atoms with E-state index in [-0.39, 0.29) is 22.3 Å². The summed E-state index contributed by atoms with van der Waals surface area (Å²) in [5.41, 5.74) is 0. The Labute approximate surface area is 149 Å². The molecule has 1 unspecified atom stereocenters. The molecule has 1 aliphatic carbocycles. The number of ether oxygens (including phenoxy) is 2. The summed E-state index contributed by atoms with van der Waals surface area (Å²) in [6, 6.07) is 3.91. The molecule has 1 fully saturated rings. The van der Waals surface area contributed by atoms with Gasteiger partial charge in [0.1, 0.15) is 16.7 Å². The number of alkyl halides is 2. The molecule has 0 aliphatic heterocycles. The van der Waals surface area contributed by atoms with Crippen LogP contribution in [0.25, 0.3) is 0 Å². The van der Waals surface area contributed by atoms with Crippen LogP contribution < -0.4 is 9.46 Å². The van der Waals surface area contributed by atoms with Gasteiger partial charge in [0.25, 0.3) is 10.0 Å². The Bertz CT molecular complexity index is 748. The van der Waals surface area contributed by atoms with Crippen molar-refractivity contribution in [3.05, 3.63) is 23.2 Å². The van der Waals surface area contributed by atoms with Crippen molar-refractivity contribution < 1.29 is 31.5 Å². The Hall–Kier alpha value is -1.45. The normalized spacial score (nSPS) is 18.3. The van der Waals surface area contributed by atoms with E-state index >= 15 is 0 Å². The van der Waals surface area contributed by atoms with Gasteiger partial charge in [0.2, 0.25) is 11.8 Å². The molecule has 0 bridgehead atoms. The van der Waals surface area contributed by atoms with Crippen LogP contribution in [0.1, 0.15) is 19.8 Å². The molecule has 25 heavy (non-hydrogen) atoms. The highest BCUT2D eigenvalue weighted by Gasteiger charge is 2.49. The van der Waals surface area contributed by atoms with Gasteiger partial charge in [-0.15, -0.1) is 0 Å². The first kappa shape index (κ1) is 19.9. The van der Waals surface area contributed by atoms with E-state index in [4.69, 9.17) is 21.1 Å². The largest absolute Gasteiger partial charge is 0.487 e. The lowest BCUT2D eigenvalue weighted by Gasteiger charge is -2.33. The van der Waals surface area contributed by atoms with Crippen LogP contribution in [-0.4, -0.2) is 40.1 Å². The van der Waals surface area contributed by atoms with Gasteiger partial charge in [-0.25, -0.2) is 21.9 Å². The molecule has 2 rings (SSSR count). The zero-order valence-corrected chi connectivity index (χ0v) is 15.2. The smallest absolute Gasteiger partial charge is 0.267 e. The number of halogens is 3. The summed E-state index contributed by atoms with van der Waals surface area (Å²) in [7, 11) is -2.86. The lowest BCUT2D eigenvalue weighted by molar-refractivity contribution is -0.148. The summed E-state index contributed by atoms with van der Waals surface area (Å²) in [5, 5.41) is 0.120. The molecule has 6 nitrogen and oxygen atoms in total. The van der Waals surface area contributed by atoms with E-state index in [1.165, 1.54) is 19.2 Å². The second-order valence-corrected chi connectivity index (χ2v) is 7.99. The number of sulfonamides is 1. The molecule has 0 spiro atoms. The zero-order valence-electron chi connectivity index (χ0n) is 13.6. The summed E-state index contributed by atoms with van der Waals surface area (Å²) < 4.78 is 62.9. The molecule has 1 N–H and O–H groups in total. The van der Waals surface area contributed by atoms with Crippen LogP contribution in [0.5, 0.6) is 5.75 Å². The van der Waals surface area contributed by atoms with Gasteiger partial charge >= 0.3 is 0 Å². The summed E-state index contributed by atoms with van der Waals surface area (Å²) in [4.78, 5) is 11.6. The van der Waals surface area contributed by atoms with Crippen molar-refractivity contribution in [2.75, 3.05) is 13.7 Å². The van der Waals surface area contributed by atoms with Crippen molar-refractivity contribution in [1.82, 2.24) is 4.72 Å². The summed E-state index contributed by atoms with van der Waals surface area (Å²) >= 11 is 5.84. The van der Waals surface area contributed by atoms with Crippen molar-refractivity contribution in [2.24, 2.45) is 5.92 Å². The van der Waals surface area contributed by atoms with Crippen LogP contribution in [-0.2, 0) is 19.6 Å². The van der Waals surface area contributed by atoms with Gasteiger partial charge < -0.3 is 9.47 Å².